The highest BCUT2D eigenvalue weighted by Crippen LogP contribution is 2.35. The first kappa shape index (κ1) is 12.3. The van der Waals surface area contributed by atoms with Crippen molar-refractivity contribution in [3.63, 3.8) is 0 Å². The zero-order chi connectivity index (χ0) is 12.5. The zero-order valence-electron chi connectivity index (χ0n) is 10.7. The van der Waals surface area contributed by atoms with Gasteiger partial charge in [-0.25, -0.2) is 0 Å². The van der Waals surface area contributed by atoms with E-state index in [1.54, 1.807) is 7.11 Å². The van der Waals surface area contributed by atoms with E-state index in [9.17, 15) is 5.11 Å². The first-order valence-corrected chi connectivity index (χ1v) is 5.97. The fourth-order valence-electron chi connectivity index (χ4n) is 2.06. The molecule has 0 aromatic carbocycles. The van der Waals surface area contributed by atoms with Crippen LogP contribution in [0.1, 0.15) is 29.7 Å². The number of hydrogen-bond donors (Lipinski definition) is 2. The molecule has 0 atom stereocenters. The summed E-state index contributed by atoms with van der Waals surface area (Å²) < 4.78 is 5.37. The van der Waals surface area contributed by atoms with Crippen LogP contribution in [0.5, 0.6) is 5.75 Å². The highest BCUT2D eigenvalue weighted by Gasteiger charge is 2.41. The minimum absolute atomic E-state index is 0.0494. The van der Waals surface area contributed by atoms with Crippen molar-refractivity contribution in [2.24, 2.45) is 0 Å². The predicted molar refractivity (Wildman–Crippen MR) is 66.2 cm³/mol. The molecular weight excluding hydrogens is 216 g/mol. The van der Waals surface area contributed by atoms with Gasteiger partial charge in [0.25, 0.3) is 0 Å². The standard InChI is InChI=1S/C13H20N2O2/c1-9-6-14-11(10(2)12(9)17-3)7-15-13(8-16)4-5-13/h6,15-16H,4-5,7-8H2,1-3H3. The lowest BCUT2D eigenvalue weighted by atomic mass is 10.1. The van der Waals surface area contributed by atoms with Crippen molar-refractivity contribution in [2.45, 2.75) is 38.8 Å². The lowest BCUT2D eigenvalue weighted by molar-refractivity contribution is 0.229. The number of aliphatic hydroxyl groups is 1. The largest absolute Gasteiger partial charge is 0.496 e. The third-order valence-electron chi connectivity index (χ3n) is 3.54. The molecule has 4 nitrogen and oxygen atoms in total. The molecule has 0 aliphatic heterocycles. The van der Waals surface area contributed by atoms with Crippen LogP contribution in [-0.2, 0) is 6.54 Å². The molecule has 0 amide bonds. The SMILES string of the molecule is COc1c(C)cnc(CNC2(CO)CC2)c1C. The van der Waals surface area contributed by atoms with Crippen molar-refractivity contribution < 1.29 is 9.84 Å². The monoisotopic (exact) mass is 236 g/mol. The maximum absolute atomic E-state index is 9.24. The number of rotatable bonds is 5. The van der Waals surface area contributed by atoms with E-state index in [2.05, 4.69) is 10.3 Å². The average Bonchev–Trinajstić information content (AvgIpc) is 3.09. The van der Waals surface area contributed by atoms with E-state index in [1.807, 2.05) is 20.0 Å². The number of hydrogen-bond acceptors (Lipinski definition) is 4. The van der Waals surface area contributed by atoms with E-state index in [-0.39, 0.29) is 12.1 Å². The van der Waals surface area contributed by atoms with E-state index in [0.717, 1.165) is 35.4 Å². The fraction of sp³-hybridized carbons (Fsp3) is 0.615. The molecule has 1 aromatic heterocycles. The molecule has 0 saturated heterocycles. The first-order chi connectivity index (χ1) is 8.12. The van der Waals surface area contributed by atoms with Crippen LogP contribution in [0.3, 0.4) is 0 Å². The highest BCUT2D eigenvalue weighted by molar-refractivity contribution is 5.41. The molecule has 94 valence electrons. The molecule has 0 spiro atoms. The fourth-order valence-corrected chi connectivity index (χ4v) is 2.06. The minimum Gasteiger partial charge on any atom is -0.496 e. The van der Waals surface area contributed by atoms with Gasteiger partial charge >= 0.3 is 0 Å². The Bertz CT molecular complexity index is 414. The van der Waals surface area contributed by atoms with Crippen molar-refractivity contribution in [1.82, 2.24) is 10.3 Å². The van der Waals surface area contributed by atoms with Gasteiger partial charge in [0, 0.05) is 29.4 Å². The number of aryl methyl sites for hydroxylation is 1. The molecule has 1 heterocycles. The second kappa shape index (κ2) is 4.63. The molecular formula is C13H20N2O2. The second-order valence-electron chi connectivity index (χ2n) is 4.84. The molecule has 0 unspecified atom stereocenters. The number of aromatic nitrogens is 1. The lowest BCUT2D eigenvalue weighted by Crippen LogP contribution is -2.34. The van der Waals surface area contributed by atoms with Gasteiger partial charge in [-0.15, -0.1) is 0 Å². The topological polar surface area (TPSA) is 54.4 Å². The molecule has 1 aromatic rings. The van der Waals surface area contributed by atoms with Crippen LogP contribution in [-0.4, -0.2) is 29.3 Å². The molecule has 0 bridgehead atoms. The van der Waals surface area contributed by atoms with Gasteiger partial charge in [-0.3, -0.25) is 4.98 Å². The Balaban J connectivity index is 2.11. The second-order valence-corrected chi connectivity index (χ2v) is 4.84. The van der Waals surface area contributed by atoms with Gasteiger partial charge < -0.3 is 15.2 Å². The molecule has 2 N–H and O–H groups in total. The normalized spacial score (nSPS) is 16.9. The molecule has 17 heavy (non-hydrogen) atoms. The van der Waals surface area contributed by atoms with E-state index in [4.69, 9.17) is 4.74 Å². The van der Waals surface area contributed by atoms with Crippen LogP contribution in [0.15, 0.2) is 6.20 Å². The van der Waals surface area contributed by atoms with Crippen LogP contribution in [0.2, 0.25) is 0 Å². The van der Waals surface area contributed by atoms with Crippen LogP contribution < -0.4 is 10.1 Å². The molecule has 2 rings (SSSR count). The minimum atomic E-state index is -0.0494. The number of nitrogens with zero attached hydrogens (tertiary/aromatic N) is 1. The number of aliphatic hydroxyl groups excluding tert-OH is 1. The summed E-state index contributed by atoms with van der Waals surface area (Å²) in [6, 6.07) is 0. The Morgan fingerprint density at radius 1 is 1.47 bits per heavy atom. The lowest BCUT2D eigenvalue weighted by Gasteiger charge is -2.16. The molecule has 4 heteroatoms. The van der Waals surface area contributed by atoms with Crippen LogP contribution in [0.4, 0.5) is 0 Å². The van der Waals surface area contributed by atoms with E-state index in [1.165, 1.54) is 0 Å². The summed E-state index contributed by atoms with van der Waals surface area (Å²) in [4.78, 5) is 4.43. The number of nitrogens with one attached hydrogen (secondary N) is 1. The Morgan fingerprint density at radius 3 is 2.71 bits per heavy atom. The van der Waals surface area contributed by atoms with E-state index < -0.39 is 0 Å². The number of ether oxygens (including phenoxy) is 1. The van der Waals surface area contributed by atoms with Gasteiger partial charge in [0.1, 0.15) is 5.75 Å². The molecule has 1 fully saturated rings. The van der Waals surface area contributed by atoms with Gasteiger partial charge in [-0.1, -0.05) is 0 Å². The Kier molecular flexibility index (Phi) is 3.35. The van der Waals surface area contributed by atoms with Gasteiger partial charge in [0.15, 0.2) is 0 Å². The van der Waals surface area contributed by atoms with Crippen LogP contribution in [0, 0.1) is 13.8 Å². The van der Waals surface area contributed by atoms with Gasteiger partial charge in [0.2, 0.25) is 0 Å². The van der Waals surface area contributed by atoms with Crippen molar-refractivity contribution in [1.29, 1.82) is 0 Å². The van der Waals surface area contributed by atoms with Crippen LogP contribution >= 0.6 is 0 Å². The molecule has 1 saturated carbocycles. The van der Waals surface area contributed by atoms with Gasteiger partial charge in [0.05, 0.1) is 19.4 Å². The number of methoxy groups -OCH3 is 1. The summed E-state index contributed by atoms with van der Waals surface area (Å²) in [6.45, 7) is 4.90. The maximum Gasteiger partial charge on any atom is 0.128 e. The highest BCUT2D eigenvalue weighted by atomic mass is 16.5. The van der Waals surface area contributed by atoms with Crippen molar-refractivity contribution >= 4 is 0 Å². The quantitative estimate of drug-likeness (QED) is 0.809. The van der Waals surface area contributed by atoms with Crippen molar-refractivity contribution in [3.05, 3.63) is 23.0 Å². The zero-order valence-corrected chi connectivity index (χ0v) is 10.7. The first-order valence-electron chi connectivity index (χ1n) is 5.97. The summed E-state index contributed by atoms with van der Waals surface area (Å²) in [5.41, 5.74) is 3.07. The smallest absolute Gasteiger partial charge is 0.128 e. The van der Waals surface area contributed by atoms with Crippen LogP contribution in [0.25, 0.3) is 0 Å². The molecule has 0 radical (unpaired) electrons. The van der Waals surface area contributed by atoms with Gasteiger partial charge in [-0.05, 0) is 26.7 Å². The molecule has 1 aliphatic carbocycles. The van der Waals surface area contributed by atoms with Gasteiger partial charge in [-0.2, -0.15) is 0 Å². The summed E-state index contributed by atoms with van der Waals surface area (Å²) in [5, 5.41) is 12.6. The average molecular weight is 236 g/mol. The Labute approximate surface area is 102 Å². The third-order valence-corrected chi connectivity index (χ3v) is 3.54. The Hall–Kier alpha value is -1.13. The van der Waals surface area contributed by atoms with Crippen molar-refractivity contribution in [2.75, 3.05) is 13.7 Å². The van der Waals surface area contributed by atoms with Crippen molar-refractivity contribution in [3.8, 4) is 5.75 Å². The molecule has 1 aliphatic rings. The summed E-state index contributed by atoms with van der Waals surface area (Å²) >= 11 is 0. The maximum atomic E-state index is 9.24. The van der Waals surface area contributed by atoms with E-state index in [0.29, 0.717) is 6.54 Å². The summed E-state index contributed by atoms with van der Waals surface area (Å²) in [5.74, 6) is 0.908. The third kappa shape index (κ3) is 2.42. The number of pyridine rings is 1. The summed E-state index contributed by atoms with van der Waals surface area (Å²) in [6.07, 6.45) is 3.93. The summed E-state index contributed by atoms with van der Waals surface area (Å²) in [7, 11) is 1.68. The Morgan fingerprint density at radius 2 is 2.18 bits per heavy atom. The predicted octanol–water partition coefficient (Wildman–Crippen LogP) is 1.32. The van der Waals surface area contributed by atoms with E-state index >= 15 is 0 Å².